The van der Waals surface area contributed by atoms with Crippen LogP contribution in [-0.4, -0.2) is 19.0 Å². The fourth-order valence-electron chi connectivity index (χ4n) is 2.23. The summed E-state index contributed by atoms with van der Waals surface area (Å²) in [6.07, 6.45) is 3.13. The van der Waals surface area contributed by atoms with Crippen LogP contribution in [0.15, 0.2) is 46.9 Å². The van der Waals surface area contributed by atoms with Crippen LogP contribution in [0.1, 0.15) is 25.4 Å². The lowest BCUT2D eigenvalue weighted by Gasteiger charge is -2.21. The van der Waals surface area contributed by atoms with Crippen molar-refractivity contribution in [3.05, 3.63) is 54.0 Å². The number of anilines is 2. The summed E-state index contributed by atoms with van der Waals surface area (Å²) in [6.45, 7) is 8.05. The highest BCUT2D eigenvalue weighted by molar-refractivity contribution is 6.01. The van der Waals surface area contributed by atoms with E-state index in [4.69, 9.17) is 4.42 Å². The minimum atomic E-state index is -0.176. The van der Waals surface area contributed by atoms with Crippen molar-refractivity contribution in [2.75, 3.05) is 23.3 Å². The highest BCUT2D eigenvalue weighted by Gasteiger charge is 2.03. The molecule has 1 N–H and O–H groups in total. The first kappa shape index (κ1) is 15.9. The average Bonchev–Trinajstić information content (AvgIpc) is 2.94. The van der Waals surface area contributed by atoms with Gasteiger partial charge in [-0.1, -0.05) is 0 Å². The number of hydrogen-bond acceptors (Lipinski definition) is 3. The SMILES string of the molecule is CCN(CC)c1ccc(NC(=O)/C=C/c2ccc(C)o2)cc1. The molecule has 22 heavy (non-hydrogen) atoms. The number of nitrogens with one attached hydrogen (secondary N) is 1. The average molecular weight is 298 g/mol. The second-order valence-corrected chi connectivity index (χ2v) is 4.99. The zero-order valence-electron chi connectivity index (χ0n) is 13.3. The third-order valence-corrected chi connectivity index (χ3v) is 3.42. The number of benzene rings is 1. The van der Waals surface area contributed by atoms with Gasteiger partial charge in [-0.25, -0.2) is 0 Å². The minimum Gasteiger partial charge on any atom is -0.462 e. The minimum absolute atomic E-state index is 0.176. The second-order valence-electron chi connectivity index (χ2n) is 4.99. The van der Waals surface area contributed by atoms with Crippen LogP contribution in [0.2, 0.25) is 0 Å². The van der Waals surface area contributed by atoms with Crippen LogP contribution < -0.4 is 10.2 Å². The van der Waals surface area contributed by atoms with Crippen molar-refractivity contribution in [2.45, 2.75) is 20.8 Å². The molecule has 0 spiro atoms. The van der Waals surface area contributed by atoms with E-state index in [0.29, 0.717) is 5.76 Å². The molecule has 0 atom stereocenters. The Bertz CT molecular complexity index is 637. The van der Waals surface area contributed by atoms with Crippen molar-refractivity contribution < 1.29 is 9.21 Å². The lowest BCUT2D eigenvalue weighted by atomic mass is 10.2. The van der Waals surface area contributed by atoms with Crippen molar-refractivity contribution in [2.24, 2.45) is 0 Å². The van der Waals surface area contributed by atoms with Crippen LogP contribution in [0.4, 0.5) is 11.4 Å². The Morgan fingerprint density at radius 3 is 2.36 bits per heavy atom. The molecule has 1 aromatic carbocycles. The van der Waals surface area contributed by atoms with E-state index in [1.807, 2.05) is 43.3 Å². The molecule has 0 fully saturated rings. The van der Waals surface area contributed by atoms with Gasteiger partial charge in [-0.3, -0.25) is 4.79 Å². The number of carbonyl (C=O) groups is 1. The molecule has 0 bridgehead atoms. The molecular weight excluding hydrogens is 276 g/mol. The fourth-order valence-corrected chi connectivity index (χ4v) is 2.23. The molecule has 0 saturated carbocycles. The lowest BCUT2D eigenvalue weighted by Crippen LogP contribution is -2.21. The third-order valence-electron chi connectivity index (χ3n) is 3.42. The molecule has 1 amide bonds. The molecule has 4 heteroatoms. The molecule has 2 aromatic rings. The van der Waals surface area contributed by atoms with E-state index in [1.54, 1.807) is 6.08 Å². The molecule has 116 valence electrons. The van der Waals surface area contributed by atoms with E-state index >= 15 is 0 Å². The molecule has 0 aliphatic carbocycles. The van der Waals surface area contributed by atoms with Crippen molar-refractivity contribution in [1.29, 1.82) is 0 Å². The summed E-state index contributed by atoms with van der Waals surface area (Å²) in [6, 6.07) is 11.6. The van der Waals surface area contributed by atoms with Gasteiger partial charge >= 0.3 is 0 Å². The van der Waals surface area contributed by atoms with Gasteiger partial charge < -0.3 is 14.6 Å². The van der Waals surface area contributed by atoms with Crippen LogP contribution in [0.5, 0.6) is 0 Å². The van der Waals surface area contributed by atoms with Crippen LogP contribution in [-0.2, 0) is 4.79 Å². The quantitative estimate of drug-likeness (QED) is 0.817. The first-order valence-corrected chi connectivity index (χ1v) is 7.53. The topological polar surface area (TPSA) is 45.5 Å². The molecular formula is C18H22N2O2. The Labute approximate surface area is 131 Å². The molecule has 0 unspecified atom stereocenters. The first-order valence-electron chi connectivity index (χ1n) is 7.53. The molecule has 4 nitrogen and oxygen atoms in total. The van der Waals surface area contributed by atoms with Gasteiger partial charge in [0, 0.05) is 30.5 Å². The molecule has 0 radical (unpaired) electrons. The number of rotatable bonds is 6. The van der Waals surface area contributed by atoms with Crippen molar-refractivity contribution in [3.8, 4) is 0 Å². The van der Waals surface area contributed by atoms with E-state index in [1.165, 1.54) is 6.08 Å². The van der Waals surface area contributed by atoms with Crippen LogP contribution >= 0.6 is 0 Å². The Morgan fingerprint density at radius 1 is 1.14 bits per heavy atom. The van der Waals surface area contributed by atoms with E-state index in [0.717, 1.165) is 30.2 Å². The zero-order chi connectivity index (χ0) is 15.9. The number of furan rings is 1. The van der Waals surface area contributed by atoms with E-state index in [9.17, 15) is 4.79 Å². The Hall–Kier alpha value is -2.49. The van der Waals surface area contributed by atoms with Crippen molar-refractivity contribution >= 4 is 23.4 Å². The number of carbonyl (C=O) groups excluding carboxylic acids is 1. The molecule has 0 aliphatic heterocycles. The summed E-state index contributed by atoms with van der Waals surface area (Å²) >= 11 is 0. The highest BCUT2D eigenvalue weighted by Crippen LogP contribution is 2.17. The summed E-state index contributed by atoms with van der Waals surface area (Å²) in [7, 11) is 0. The molecule has 1 aromatic heterocycles. The summed E-state index contributed by atoms with van der Waals surface area (Å²) in [5, 5.41) is 2.84. The monoisotopic (exact) mass is 298 g/mol. The van der Waals surface area contributed by atoms with Gasteiger partial charge in [0.2, 0.25) is 5.91 Å². The maximum Gasteiger partial charge on any atom is 0.248 e. The normalized spacial score (nSPS) is 10.9. The highest BCUT2D eigenvalue weighted by atomic mass is 16.3. The Morgan fingerprint density at radius 2 is 1.82 bits per heavy atom. The lowest BCUT2D eigenvalue weighted by molar-refractivity contribution is -0.111. The largest absolute Gasteiger partial charge is 0.462 e. The first-order chi connectivity index (χ1) is 10.6. The summed E-state index contributed by atoms with van der Waals surface area (Å²) in [5.74, 6) is 1.32. The maximum atomic E-state index is 11.9. The molecule has 2 rings (SSSR count). The fraction of sp³-hybridized carbons (Fsp3) is 0.278. The van der Waals surface area contributed by atoms with Gasteiger partial charge in [0.05, 0.1) is 0 Å². The standard InChI is InChI=1S/C18H22N2O2/c1-4-20(5-2)16-9-7-15(8-10-16)19-18(21)13-12-17-11-6-14(3)22-17/h6-13H,4-5H2,1-3H3,(H,19,21)/b13-12+. The summed E-state index contributed by atoms with van der Waals surface area (Å²) in [5.41, 5.74) is 1.94. The maximum absolute atomic E-state index is 11.9. The van der Waals surface area contributed by atoms with Gasteiger partial charge in [0.25, 0.3) is 0 Å². The molecule has 1 heterocycles. The van der Waals surface area contributed by atoms with Gasteiger partial charge in [0.1, 0.15) is 11.5 Å². The summed E-state index contributed by atoms with van der Waals surface area (Å²) in [4.78, 5) is 14.1. The second kappa shape index (κ2) is 7.50. The van der Waals surface area contributed by atoms with E-state index in [2.05, 4.69) is 24.1 Å². The van der Waals surface area contributed by atoms with Crippen LogP contribution in [0, 0.1) is 6.92 Å². The smallest absolute Gasteiger partial charge is 0.248 e. The van der Waals surface area contributed by atoms with Crippen molar-refractivity contribution in [1.82, 2.24) is 0 Å². The predicted octanol–water partition coefficient (Wildman–Crippen LogP) is 4.09. The summed E-state index contributed by atoms with van der Waals surface area (Å²) < 4.78 is 5.38. The number of hydrogen-bond donors (Lipinski definition) is 1. The molecule has 0 aliphatic rings. The number of aryl methyl sites for hydroxylation is 1. The number of amides is 1. The van der Waals surface area contributed by atoms with Crippen LogP contribution in [0.3, 0.4) is 0 Å². The van der Waals surface area contributed by atoms with Gasteiger partial charge in [-0.2, -0.15) is 0 Å². The van der Waals surface area contributed by atoms with Crippen molar-refractivity contribution in [3.63, 3.8) is 0 Å². The Kier molecular flexibility index (Phi) is 5.42. The zero-order valence-corrected chi connectivity index (χ0v) is 13.3. The third kappa shape index (κ3) is 4.25. The number of nitrogens with zero attached hydrogens (tertiary/aromatic N) is 1. The van der Waals surface area contributed by atoms with Crippen LogP contribution in [0.25, 0.3) is 6.08 Å². The molecule has 0 saturated heterocycles. The van der Waals surface area contributed by atoms with Gasteiger partial charge in [-0.05, 0) is 63.2 Å². The van der Waals surface area contributed by atoms with Gasteiger partial charge in [-0.15, -0.1) is 0 Å². The van der Waals surface area contributed by atoms with Gasteiger partial charge in [0.15, 0.2) is 0 Å². The van der Waals surface area contributed by atoms with E-state index < -0.39 is 0 Å². The Balaban J connectivity index is 1.95. The van der Waals surface area contributed by atoms with E-state index in [-0.39, 0.29) is 5.91 Å². The predicted molar refractivity (Wildman–Crippen MR) is 91.1 cm³/mol.